The summed E-state index contributed by atoms with van der Waals surface area (Å²) in [6.45, 7) is 0.586. The molecule has 0 heterocycles. The highest BCUT2D eigenvalue weighted by molar-refractivity contribution is 7.99. The van der Waals surface area contributed by atoms with Crippen LogP contribution in [0.2, 0.25) is 0 Å². The minimum Gasteiger partial charge on any atom is -0.355 e. The SMILES string of the molecule is CSNc1ccc(CNC=O)cc1. The van der Waals surface area contributed by atoms with Gasteiger partial charge in [-0.1, -0.05) is 24.1 Å². The highest BCUT2D eigenvalue weighted by Gasteiger charge is 1.92. The molecule has 0 fully saturated rings. The Morgan fingerprint density at radius 3 is 2.62 bits per heavy atom. The van der Waals surface area contributed by atoms with Crippen LogP contribution in [0.3, 0.4) is 0 Å². The van der Waals surface area contributed by atoms with Crippen LogP contribution < -0.4 is 10.0 Å². The standard InChI is InChI=1S/C9H12N2OS/c1-13-11-9-4-2-8(3-5-9)6-10-7-12/h2-5,7,11H,6H2,1H3,(H,10,12). The maximum Gasteiger partial charge on any atom is 0.207 e. The summed E-state index contributed by atoms with van der Waals surface area (Å²) >= 11 is 1.56. The van der Waals surface area contributed by atoms with E-state index in [1.165, 1.54) is 0 Å². The maximum absolute atomic E-state index is 10.0. The van der Waals surface area contributed by atoms with Crippen LogP contribution in [0.25, 0.3) is 0 Å². The number of hydrogen-bond acceptors (Lipinski definition) is 3. The largest absolute Gasteiger partial charge is 0.355 e. The third-order valence-corrected chi connectivity index (χ3v) is 2.00. The lowest BCUT2D eigenvalue weighted by Crippen LogP contribution is -2.09. The molecule has 0 aliphatic heterocycles. The molecular weight excluding hydrogens is 184 g/mol. The monoisotopic (exact) mass is 196 g/mol. The summed E-state index contributed by atoms with van der Waals surface area (Å²) in [6.07, 6.45) is 2.68. The van der Waals surface area contributed by atoms with Crippen molar-refractivity contribution in [3.63, 3.8) is 0 Å². The molecule has 0 bridgehead atoms. The lowest BCUT2D eigenvalue weighted by molar-refractivity contribution is -0.109. The summed E-state index contributed by atoms with van der Waals surface area (Å²) in [5, 5.41) is 2.61. The van der Waals surface area contributed by atoms with E-state index in [9.17, 15) is 4.79 Å². The lowest BCUT2D eigenvalue weighted by atomic mass is 10.2. The van der Waals surface area contributed by atoms with Gasteiger partial charge >= 0.3 is 0 Å². The van der Waals surface area contributed by atoms with Crippen molar-refractivity contribution >= 4 is 24.0 Å². The molecule has 0 aliphatic carbocycles. The second-order valence-corrected chi connectivity index (χ2v) is 3.11. The molecule has 0 radical (unpaired) electrons. The third-order valence-electron chi connectivity index (χ3n) is 1.56. The summed E-state index contributed by atoms with van der Waals surface area (Å²) in [7, 11) is 0. The second kappa shape index (κ2) is 5.48. The van der Waals surface area contributed by atoms with Gasteiger partial charge in [-0.3, -0.25) is 4.79 Å². The van der Waals surface area contributed by atoms with Gasteiger partial charge in [0.15, 0.2) is 0 Å². The molecule has 1 rings (SSSR count). The fourth-order valence-electron chi connectivity index (χ4n) is 0.968. The Bertz CT molecular complexity index is 261. The van der Waals surface area contributed by atoms with Crippen LogP contribution in [0.4, 0.5) is 5.69 Å². The fourth-order valence-corrected chi connectivity index (χ4v) is 1.34. The van der Waals surface area contributed by atoms with Crippen LogP contribution in [0.1, 0.15) is 5.56 Å². The Labute approximate surface area is 82.0 Å². The first kappa shape index (κ1) is 9.92. The summed E-state index contributed by atoms with van der Waals surface area (Å²) < 4.78 is 3.12. The Morgan fingerprint density at radius 1 is 1.38 bits per heavy atom. The van der Waals surface area contributed by atoms with E-state index in [2.05, 4.69) is 10.0 Å². The van der Waals surface area contributed by atoms with E-state index in [4.69, 9.17) is 0 Å². The van der Waals surface area contributed by atoms with Crippen molar-refractivity contribution in [1.29, 1.82) is 0 Å². The van der Waals surface area contributed by atoms with Crippen molar-refractivity contribution in [3.05, 3.63) is 29.8 Å². The number of carbonyl (C=O) groups is 1. The molecule has 0 atom stereocenters. The van der Waals surface area contributed by atoms with Crippen LogP contribution in [-0.2, 0) is 11.3 Å². The molecule has 1 amide bonds. The highest BCUT2D eigenvalue weighted by atomic mass is 32.2. The summed E-state index contributed by atoms with van der Waals surface area (Å²) in [4.78, 5) is 10.0. The van der Waals surface area contributed by atoms with Crippen LogP contribution >= 0.6 is 11.9 Å². The van der Waals surface area contributed by atoms with E-state index in [-0.39, 0.29) is 0 Å². The van der Waals surface area contributed by atoms with Gasteiger partial charge in [-0.05, 0) is 17.7 Å². The van der Waals surface area contributed by atoms with Crippen molar-refractivity contribution in [2.75, 3.05) is 11.0 Å². The smallest absolute Gasteiger partial charge is 0.207 e. The Balaban J connectivity index is 2.53. The van der Waals surface area contributed by atoms with Crippen LogP contribution in [0.5, 0.6) is 0 Å². The van der Waals surface area contributed by atoms with Crippen LogP contribution in [0.15, 0.2) is 24.3 Å². The maximum atomic E-state index is 10.0. The summed E-state index contributed by atoms with van der Waals surface area (Å²) in [5.41, 5.74) is 2.17. The number of anilines is 1. The molecule has 0 unspecified atom stereocenters. The van der Waals surface area contributed by atoms with Gasteiger partial charge in [0.25, 0.3) is 0 Å². The van der Waals surface area contributed by atoms with Gasteiger partial charge in [0.1, 0.15) is 0 Å². The molecular formula is C9H12N2OS. The van der Waals surface area contributed by atoms with E-state index < -0.39 is 0 Å². The molecule has 4 heteroatoms. The predicted molar refractivity (Wildman–Crippen MR) is 56.5 cm³/mol. The van der Waals surface area contributed by atoms with Gasteiger partial charge in [0, 0.05) is 18.5 Å². The molecule has 0 aromatic heterocycles. The zero-order chi connectivity index (χ0) is 9.52. The number of amides is 1. The van der Waals surface area contributed by atoms with E-state index in [1.807, 2.05) is 30.5 Å². The van der Waals surface area contributed by atoms with Gasteiger partial charge < -0.3 is 10.0 Å². The predicted octanol–water partition coefficient (Wildman–Crippen LogP) is 1.62. The average Bonchev–Trinajstić information content (AvgIpc) is 2.17. The molecule has 1 aromatic rings. The van der Waals surface area contributed by atoms with E-state index in [1.54, 1.807) is 11.9 Å². The number of rotatable bonds is 5. The zero-order valence-electron chi connectivity index (χ0n) is 7.41. The Morgan fingerprint density at radius 2 is 2.08 bits per heavy atom. The van der Waals surface area contributed by atoms with Crippen molar-refractivity contribution in [3.8, 4) is 0 Å². The lowest BCUT2D eigenvalue weighted by Gasteiger charge is -2.03. The molecule has 70 valence electrons. The minimum atomic E-state index is 0.586. The van der Waals surface area contributed by atoms with Crippen LogP contribution in [0, 0.1) is 0 Å². The Kier molecular flexibility index (Phi) is 4.18. The first-order valence-corrected chi connectivity index (χ1v) is 5.14. The van der Waals surface area contributed by atoms with Gasteiger partial charge in [-0.2, -0.15) is 0 Å². The molecule has 3 nitrogen and oxygen atoms in total. The average molecular weight is 196 g/mol. The Hall–Kier alpha value is -1.16. The topological polar surface area (TPSA) is 41.1 Å². The summed E-state index contributed by atoms with van der Waals surface area (Å²) in [5.74, 6) is 0. The second-order valence-electron chi connectivity index (χ2n) is 2.50. The molecule has 0 saturated carbocycles. The quantitative estimate of drug-likeness (QED) is 0.555. The van der Waals surface area contributed by atoms with Gasteiger partial charge in [0.2, 0.25) is 6.41 Å². The minimum absolute atomic E-state index is 0.586. The van der Waals surface area contributed by atoms with Gasteiger partial charge in [-0.15, -0.1) is 0 Å². The molecule has 0 spiro atoms. The fraction of sp³-hybridized carbons (Fsp3) is 0.222. The number of hydrogen-bond donors (Lipinski definition) is 2. The third kappa shape index (κ3) is 3.38. The van der Waals surface area contributed by atoms with E-state index in [0.29, 0.717) is 13.0 Å². The van der Waals surface area contributed by atoms with Crippen LogP contribution in [-0.4, -0.2) is 12.7 Å². The first-order chi connectivity index (χ1) is 6.36. The number of benzene rings is 1. The van der Waals surface area contributed by atoms with Crippen molar-refractivity contribution in [1.82, 2.24) is 5.32 Å². The summed E-state index contributed by atoms with van der Waals surface area (Å²) in [6, 6.07) is 7.93. The van der Waals surface area contributed by atoms with Crippen molar-refractivity contribution < 1.29 is 4.79 Å². The van der Waals surface area contributed by atoms with Gasteiger partial charge in [0.05, 0.1) is 0 Å². The molecule has 1 aromatic carbocycles. The van der Waals surface area contributed by atoms with Gasteiger partial charge in [-0.25, -0.2) is 0 Å². The molecule has 2 N–H and O–H groups in total. The number of carbonyl (C=O) groups excluding carboxylic acids is 1. The molecule has 13 heavy (non-hydrogen) atoms. The highest BCUT2D eigenvalue weighted by Crippen LogP contribution is 2.11. The van der Waals surface area contributed by atoms with E-state index >= 15 is 0 Å². The van der Waals surface area contributed by atoms with E-state index in [0.717, 1.165) is 11.3 Å². The molecule has 0 aliphatic rings. The number of nitrogens with one attached hydrogen (secondary N) is 2. The van der Waals surface area contributed by atoms with Crippen molar-refractivity contribution in [2.45, 2.75) is 6.54 Å². The molecule has 0 saturated heterocycles. The zero-order valence-corrected chi connectivity index (χ0v) is 8.23. The first-order valence-electron chi connectivity index (χ1n) is 3.92. The van der Waals surface area contributed by atoms with Crippen molar-refractivity contribution in [2.24, 2.45) is 0 Å². The normalized spacial score (nSPS) is 9.31.